The molecule has 7 unspecified atom stereocenters. The van der Waals surface area contributed by atoms with Crippen LogP contribution in [-0.2, 0) is 0 Å². The molecule has 2 N–H and O–H groups in total. The molecule has 0 aromatic heterocycles. The first-order chi connectivity index (χ1) is 11.7. The lowest BCUT2D eigenvalue weighted by atomic mass is 9.64. The molecule has 2 heteroatoms. The molecule has 0 aromatic carbocycles. The molecule has 0 aliphatic heterocycles. The molecule has 0 aliphatic carbocycles. The van der Waals surface area contributed by atoms with Crippen LogP contribution in [0.1, 0.15) is 87.5 Å². The zero-order chi connectivity index (χ0) is 19.6. The summed E-state index contributed by atoms with van der Waals surface area (Å²) in [6.07, 6.45) is 9.26. The quantitative estimate of drug-likeness (QED) is 0.394. The van der Waals surface area contributed by atoms with Crippen LogP contribution in [-0.4, -0.2) is 22.4 Å². The monoisotopic (exact) mass is 354 g/mol. The van der Waals surface area contributed by atoms with Gasteiger partial charge in [-0.25, -0.2) is 0 Å². The van der Waals surface area contributed by atoms with Crippen molar-refractivity contribution in [1.29, 1.82) is 0 Å². The average molecular weight is 355 g/mol. The van der Waals surface area contributed by atoms with E-state index in [4.69, 9.17) is 0 Å². The Morgan fingerprint density at radius 2 is 1.60 bits per heavy atom. The van der Waals surface area contributed by atoms with Gasteiger partial charge in [-0.05, 0) is 68.1 Å². The third-order valence-corrected chi connectivity index (χ3v) is 6.61. The molecule has 0 bridgehead atoms. The lowest BCUT2D eigenvalue weighted by Gasteiger charge is -2.45. The summed E-state index contributed by atoms with van der Waals surface area (Å²) in [6, 6.07) is 0. The molecule has 0 spiro atoms. The number of hydrogen-bond donors (Lipinski definition) is 2. The fourth-order valence-corrected chi connectivity index (χ4v) is 4.42. The molecule has 0 heterocycles. The molecular formula is C23H46O2. The largest absolute Gasteiger partial charge is 0.396 e. The van der Waals surface area contributed by atoms with Gasteiger partial charge in [-0.2, -0.15) is 0 Å². The molecule has 0 amide bonds. The summed E-state index contributed by atoms with van der Waals surface area (Å²) >= 11 is 0. The topological polar surface area (TPSA) is 40.5 Å². The Morgan fingerprint density at radius 1 is 1.00 bits per heavy atom. The SMILES string of the molecule is CC=CC(C)C(C(C)C(C)CC(C)CC)C(O)(CC)CCC(C)CO. The van der Waals surface area contributed by atoms with E-state index in [9.17, 15) is 10.2 Å². The minimum absolute atomic E-state index is 0.203. The standard InChI is InChI=1S/C23H46O2/c1-9-12-19(6)22(21(8)20(7)15-17(4)10-2)23(25,11-3)14-13-18(5)16-24/h9,12,17-22,24-25H,10-11,13-16H2,1-8H3. The van der Waals surface area contributed by atoms with E-state index in [2.05, 4.69) is 67.5 Å². The highest BCUT2D eigenvalue weighted by Crippen LogP contribution is 2.43. The minimum atomic E-state index is -0.661. The zero-order valence-electron chi connectivity index (χ0n) is 18.3. The van der Waals surface area contributed by atoms with Crippen LogP contribution < -0.4 is 0 Å². The van der Waals surface area contributed by atoms with Gasteiger partial charge in [0.2, 0.25) is 0 Å². The van der Waals surface area contributed by atoms with E-state index >= 15 is 0 Å². The Labute approximate surface area is 158 Å². The van der Waals surface area contributed by atoms with Crippen LogP contribution in [0.5, 0.6) is 0 Å². The van der Waals surface area contributed by atoms with Crippen LogP contribution in [0.15, 0.2) is 12.2 Å². The van der Waals surface area contributed by atoms with E-state index in [0.717, 1.165) is 25.2 Å². The number of hydrogen-bond acceptors (Lipinski definition) is 2. The van der Waals surface area contributed by atoms with Gasteiger partial charge in [0.1, 0.15) is 0 Å². The summed E-state index contributed by atoms with van der Waals surface area (Å²) in [5.41, 5.74) is -0.661. The van der Waals surface area contributed by atoms with Crippen molar-refractivity contribution < 1.29 is 10.2 Å². The van der Waals surface area contributed by atoms with Crippen molar-refractivity contribution in [1.82, 2.24) is 0 Å². The molecular weight excluding hydrogens is 308 g/mol. The third kappa shape index (κ3) is 7.83. The van der Waals surface area contributed by atoms with E-state index in [1.807, 2.05) is 0 Å². The van der Waals surface area contributed by atoms with Gasteiger partial charge < -0.3 is 10.2 Å². The first-order valence-corrected chi connectivity index (χ1v) is 10.6. The first-order valence-electron chi connectivity index (χ1n) is 10.6. The van der Waals surface area contributed by atoms with Crippen molar-refractivity contribution in [2.24, 2.45) is 35.5 Å². The van der Waals surface area contributed by atoms with Gasteiger partial charge in [0.15, 0.2) is 0 Å². The second-order valence-corrected chi connectivity index (χ2v) is 8.78. The van der Waals surface area contributed by atoms with Crippen molar-refractivity contribution in [3.63, 3.8) is 0 Å². The van der Waals surface area contributed by atoms with Crippen LogP contribution in [0.3, 0.4) is 0 Å². The molecule has 0 aliphatic rings. The smallest absolute Gasteiger partial charge is 0.0681 e. The maximum atomic E-state index is 11.6. The Balaban J connectivity index is 5.48. The lowest BCUT2D eigenvalue weighted by Crippen LogP contribution is -2.46. The Kier molecular flexibility index (Phi) is 12.0. The fraction of sp³-hybridized carbons (Fsp3) is 0.913. The van der Waals surface area contributed by atoms with E-state index in [-0.39, 0.29) is 18.4 Å². The molecule has 2 nitrogen and oxygen atoms in total. The van der Waals surface area contributed by atoms with E-state index in [1.165, 1.54) is 12.8 Å². The second kappa shape index (κ2) is 12.1. The molecule has 150 valence electrons. The van der Waals surface area contributed by atoms with Crippen LogP contribution >= 0.6 is 0 Å². The summed E-state index contributed by atoms with van der Waals surface area (Å²) in [5.74, 6) is 2.66. The van der Waals surface area contributed by atoms with Gasteiger partial charge in [-0.15, -0.1) is 0 Å². The minimum Gasteiger partial charge on any atom is -0.396 e. The Morgan fingerprint density at radius 3 is 2.04 bits per heavy atom. The van der Waals surface area contributed by atoms with Crippen LogP contribution in [0.25, 0.3) is 0 Å². The number of aliphatic hydroxyl groups excluding tert-OH is 1. The van der Waals surface area contributed by atoms with Crippen molar-refractivity contribution in [3.8, 4) is 0 Å². The normalized spacial score (nSPS) is 22.2. The first kappa shape index (κ1) is 24.7. The van der Waals surface area contributed by atoms with Crippen molar-refractivity contribution in [2.45, 2.75) is 93.1 Å². The van der Waals surface area contributed by atoms with Crippen LogP contribution in [0.2, 0.25) is 0 Å². The van der Waals surface area contributed by atoms with Gasteiger partial charge >= 0.3 is 0 Å². The molecule has 0 rings (SSSR count). The van der Waals surface area contributed by atoms with E-state index < -0.39 is 5.60 Å². The second-order valence-electron chi connectivity index (χ2n) is 8.78. The average Bonchev–Trinajstić information content (AvgIpc) is 2.59. The maximum absolute atomic E-state index is 11.6. The van der Waals surface area contributed by atoms with Gasteiger partial charge in [0, 0.05) is 6.61 Å². The summed E-state index contributed by atoms with van der Waals surface area (Å²) in [4.78, 5) is 0. The molecule has 0 saturated carbocycles. The fourth-order valence-electron chi connectivity index (χ4n) is 4.42. The van der Waals surface area contributed by atoms with Crippen molar-refractivity contribution in [3.05, 3.63) is 12.2 Å². The predicted molar refractivity (Wildman–Crippen MR) is 111 cm³/mol. The summed E-state index contributed by atoms with van der Waals surface area (Å²) < 4.78 is 0. The lowest BCUT2D eigenvalue weighted by molar-refractivity contribution is -0.0788. The van der Waals surface area contributed by atoms with Gasteiger partial charge in [0.05, 0.1) is 5.60 Å². The molecule has 0 fully saturated rings. The highest BCUT2D eigenvalue weighted by molar-refractivity contribution is 4.99. The molecule has 25 heavy (non-hydrogen) atoms. The zero-order valence-corrected chi connectivity index (χ0v) is 18.3. The third-order valence-electron chi connectivity index (χ3n) is 6.61. The van der Waals surface area contributed by atoms with Crippen molar-refractivity contribution >= 4 is 0 Å². The Hall–Kier alpha value is -0.340. The summed E-state index contributed by atoms with van der Waals surface area (Å²) in [5, 5.41) is 21.0. The maximum Gasteiger partial charge on any atom is 0.0681 e. The highest BCUT2D eigenvalue weighted by atomic mass is 16.3. The van der Waals surface area contributed by atoms with Gasteiger partial charge in [0.25, 0.3) is 0 Å². The predicted octanol–water partition coefficient (Wildman–Crippen LogP) is 6.07. The number of aliphatic hydroxyl groups is 2. The summed E-state index contributed by atoms with van der Waals surface area (Å²) in [7, 11) is 0. The van der Waals surface area contributed by atoms with Gasteiger partial charge in [-0.1, -0.05) is 67.0 Å². The number of rotatable bonds is 13. The van der Waals surface area contributed by atoms with E-state index in [0.29, 0.717) is 17.8 Å². The highest BCUT2D eigenvalue weighted by Gasteiger charge is 2.42. The molecule has 0 radical (unpaired) electrons. The van der Waals surface area contributed by atoms with Crippen molar-refractivity contribution in [2.75, 3.05) is 6.61 Å². The van der Waals surface area contributed by atoms with Crippen LogP contribution in [0.4, 0.5) is 0 Å². The number of allylic oxidation sites excluding steroid dienone is 2. The Bertz CT molecular complexity index is 365. The molecule has 0 aromatic rings. The van der Waals surface area contributed by atoms with Crippen LogP contribution in [0, 0.1) is 35.5 Å². The molecule has 0 saturated heterocycles. The molecule has 7 atom stereocenters. The summed E-state index contributed by atoms with van der Waals surface area (Å²) in [6.45, 7) is 18.0. The van der Waals surface area contributed by atoms with Gasteiger partial charge in [-0.3, -0.25) is 0 Å². The van der Waals surface area contributed by atoms with E-state index in [1.54, 1.807) is 0 Å².